The zero-order valence-corrected chi connectivity index (χ0v) is 11.8. The molecule has 1 atom stereocenters. The van der Waals surface area contributed by atoms with E-state index in [-0.39, 0.29) is 6.54 Å². The summed E-state index contributed by atoms with van der Waals surface area (Å²) >= 11 is 5.90. The van der Waals surface area contributed by atoms with Gasteiger partial charge in [0, 0.05) is 10.6 Å². The molecule has 0 saturated heterocycles. The lowest BCUT2D eigenvalue weighted by Crippen LogP contribution is -2.35. The van der Waals surface area contributed by atoms with Crippen molar-refractivity contribution in [3.63, 3.8) is 0 Å². The number of nitrogens with zero attached hydrogens (tertiary/aromatic N) is 3. The van der Waals surface area contributed by atoms with E-state index in [2.05, 4.69) is 10.1 Å². The third-order valence-corrected chi connectivity index (χ3v) is 3.19. The van der Waals surface area contributed by atoms with E-state index in [1.165, 1.54) is 0 Å². The summed E-state index contributed by atoms with van der Waals surface area (Å²) in [5.41, 5.74) is 0.751. The molecule has 1 aromatic carbocycles. The van der Waals surface area contributed by atoms with Gasteiger partial charge in [0.05, 0.1) is 6.54 Å². The molecule has 1 aromatic heterocycles. The van der Waals surface area contributed by atoms with Gasteiger partial charge in [0.25, 0.3) is 0 Å². The van der Waals surface area contributed by atoms with Gasteiger partial charge in [0.15, 0.2) is 0 Å². The third kappa shape index (κ3) is 3.34. The molecule has 2 rings (SSSR count). The molecule has 20 heavy (non-hydrogen) atoms. The van der Waals surface area contributed by atoms with E-state index < -0.39 is 12.0 Å². The SMILES string of the molecule is CC(C(=O)O)N(C)Cc1nc(-c2cccc(Cl)c2)no1. The number of rotatable bonds is 5. The van der Waals surface area contributed by atoms with Crippen LogP contribution in [0.5, 0.6) is 0 Å². The van der Waals surface area contributed by atoms with Crippen LogP contribution in [0.1, 0.15) is 12.8 Å². The second kappa shape index (κ2) is 6.02. The van der Waals surface area contributed by atoms with E-state index >= 15 is 0 Å². The van der Waals surface area contributed by atoms with Crippen LogP contribution in [0.25, 0.3) is 11.4 Å². The monoisotopic (exact) mass is 295 g/mol. The average Bonchev–Trinajstić information content (AvgIpc) is 2.86. The number of benzene rings is 1. The van der Waals surface area contributed by atoms with Gasteiger partial charge in [-0.05, 0) is 26.1 Å². The molecule has 0 radical (unpaired) electrons. The molecule has 0 fully saturated rings. The van der Waals surface area contributed by atoms with E-state index in [0.717, 1.165) is 5.56 Å². The minimum Gasteiger partial charge on any atom is -0.480 e. The normalized spacial score (nSPS) is 12.6. The number of carboxylic acid groups (broad SMARTS) is 1. The second-order valence-corrected chi connectivity index (χ2v) is 4.89. The van der Waals surface area contributed by atoms with Gasteiger partial charge >= 0.3 is 5.97 Å². The van der Waals surface area contributed by atoms with Gasteiger partial charge in [-0.1, -0.05) is 28.9 Å². The molecule has 1 heterocycles. The Morgan fingerprint density at radius 3 is 2.95 bits per heavy atom. The number of carboxylic acids is 1. The first-order chi connectivity index (χ1) is 9.47. The van der Waals surface area contributed by atoms with Crippen molar-refractivity contribution >= 4 is 17.6 Å². The van der Waals surface area contributed by atoms with Crippen LogP contribution in [-0.2, 0) is 11.3 Å². The van der Waals surface area contributed by atoms with Gasteiger partial charge < -0.3 is 9.63 Å². The third-order valence-electron chi connectivity index (χ3n) is 2.95. The fourth-order valence-corrected chi connectivity index (χ4v) is 1.79. The first kappa shape index (κ1) is 14.5. The molecule has 106 valence electrons. The van der Waals surface area contributed by atoms with Gasteiger partial charge in [0.2, 0.25) is 11.7 Å². The summed E-state index contributed by atoms with van der Waals surface area (Å²) in [5, 5.41) is 13.4. The largest absolute Gasteiger partial charge is 0.480 e. The first-order valence-corrected chi connectivity index (χ1v) is 6.36. The smallest absolute Gasteiger partial charge is 0.320 e. The molecule has 6 nitrogen and oxygen atoms in total. The molecule has 0 amide bonds. The van der Waals surface area contributed by atoms with Crippen LogP contribution in [0, 0.1) is 0 Å². The first-order valence-electron chi connectivity index (χ1n) is 5.99. The number of hydrogen-bond acceptors (Lipinski definition) is 5. The van der Waals surface area contributed by atoms with Crippen molar-refractivity contribution in [2.75, 3.05) is 7.05 Å². The standard InChI is InChI=1S/C13H14ClN3O3/c1-8(13(18)19)17(2)7-11-15-12(16-20-11)9-4-3-5-10(14)6-9/h3-6,8H,7H2,1-2H3,(H,18,19). The topological polar surface area (TPSA) is 79.5 Å². The highest BCUT2D eigenvalue weighted by atomic mass is 35.5. The van der Waals surface area contributed by atoms with Gasteiger partial charge in [-0.25, -0.2) is 0 Å². The van der Waals surface area contributed by atoms with Gasteiger partial charge in [-0.15, -0.1) is 0 Å². The van der Waals surface area contributed by atoms with Crippen molar-refractivity contribution in [2.45, 2.75) is 19.5 Å². The van der Waals surface area contributed by atoms with Crippen LogP contribution >= 0.6 is 11.6 Å². The molecular formula is C13H14ClN3O3. The number of hydrogen-bond donors (Lipinski definition) is 1. The summed E-state index contributed by atoms with van der Waals surface area (Å²) in [6.45, 7) is 1.86. The van der Waals surface area contributed by atoms with Crippen LogP contribution in [0.2, 0.25) is 5.02 Å². The zero-order chi connectivity index (χ0) is 14.7. The molecule has 7 heteroatoms. The Morgan fingerprint density at radius 1 is 1.55 bits per heavy atom. The molecule has 2 aromatic rings. The molecule has 0 aliphatic rings. The van der Waals surface area contributed by atoms with Crippen LogP contribution in [0.3, 0.4) is 0 Å². The Labute approximate surface area is 121 Å². The lowest BCUT2D eigenvalue weighted by atomic mass is 10.2. The molecule has 0 aliphatic carbocycles. The zero-order valence-electron chi connectivity index (χ0n) is 11.1. The summed E-state index contributed by atoms with van der Waals surface area (Å²) in [6, 6.07) is 6.49. The highest BCUT2D eigenvalue weighted by Gasteiger charge is 2.19. The number of likely N-dealkylation sites (N-methyl/N-ethyl adjacent to an activating group) is 1. The quantitative estimate of drug-likeness (QED) is 0.911. The molecule has 1 unspecified atom stereocenters. The maximum Gasteiger partial charge on any atom is 0.320 e. The summed E-state index contributed by atoms with van der Waals surface area (Å²) in [4.78, 5) is 16.7. The maximum absolute atomic E-state index is 10.9. The Morgan fingerprint density at radius 2 is 2.30 bits per heavy atom. The van der Waals surface area contributed by atoms with Crippen molar-refractivity contribution in [3.05, 3.63) is 35.2 Å². The van der Waals surface area contributed by atoms with Crippen LogP contribution in [-0.4, -0.2) is 39.2 Å². The lowest BCUT2D eigenvalue weighted by Gasteiger charge is -2.18. The van der Waals surface area contributed by atoms with Crippen LogP contribution in [0.15, 0.2) is 28.8 Å². The highest BCUT2D eigenvalue weighted by molar-refractivity contribution is 6.30. The Hall–Kier alpha value is -1.92. The van der Waals surface area contributed by atoms with Gasteiger partial charge in [0.1, 0.15) is 6.04 Å². The average molecular weight is 296 g/mol. The molecule has 0 saturated carbocycles. The number of carbonyl (C=O) groups is 1. The Balaban J connectivity index is 2.11. The summed E-state index contributed by atoms with van der Waals surface area (Å²) < 4.78 is 5.12. The molecular weight excluding hydrogens is 282 g/mol. The minimum atomic E-state index is -0.901. The predicted octanol–water partition coefficient (Wildman–Crippen LogP) is 2.29. The summed E-state index contributed by atoms with van der Waals surface area (Å²) in [6.07, 6.45) is 0. The minimum absolute atomic E-state index is 0.265. The Kier molecular flexibility index (Phi) is 4.36. The molecule has 0 bridgehead atoms. The lowest BCUT2D eigenvalue weighted by molar-refractivity contribution is -0.142. The van der Waals surface area contributed by atoms with Crippen LogP contribution in [0.4, 0.5) is 0 Å². The van der Waals surface area contributed by atoms with E-state index in [0.29, 0.717) is 16.7 Å². The van der Waals surface area contributed by atoms with Gasteiger partial charge in [-0.2, -0.15) is 4.98 Å². The summed E-state index contributed by atoms with van der Waals surface area (Å²) in [5.74, 6) is -0.114. The summed E-state index contributed by atoms with van der Waals surface area (Å²) in [7, 11) is 1.68. The van der Waals surface area contributed by atoms with Crippen molar-refractivity contribution in [1.29, 1.82) is 0 Å². The molecule has 1 N–H and O–H groups in total. The van der Waals surface area contributed by atoms with Gasteiger partial charge in [-0.3, -0.25) is 9.69 Å². The number of halogens is 1. The second-order valence-electron chi connectivity index (χ2n) is 4.45. The maximum atomic E-state index is 10.9. The molecule has 0 spiro atoms. The van der Waals surface area contributed by atoms with Crippen molar-refractivity contribution < 1.29 is 14.4 Å². The highest BCUT2D eigenvalue weighted by Crippen LogP contribution is 2.20. The predicted molar refractivity (Wildman–Crippen MR) is 73.3 cm³/mol. The van der Waals surface area contributed by atoms with E-state index in [1.54, 1.807) is 37.1 Å². The van der Waals surface area contributed by atoms with Crippen molar-refractivity contribution in [3.8, 4) is 11.4 Å². The fourth-order valence-electron chi connectivity index (χ4n) is 1.60. The number of aromatic nitrogens is 2. The number of aliphatic carboxylic acids is 1. The Bertz CT molecular complexity index is 614. The van der Waals surface area contributed by atoms with E-state index in [9.17, 15) is 4.79 Å². The van der Waals surface area contributed by atoms with E-state index in [1.807, 2.05) is 6.07 Å². The van der Waals surface area contributed by atoms with Crippen molar-refractivity contribution in [1.82, 2.24) is 15.0 Å². The van der Waals surface area contributed by atoms with E-state index in [4.69, 9.17) is 21.2 Å². The fraction of sp³-hybridized carbons (Fsp3) is 0.308. The molecule has 0 aliphatic heterocycles. The van der Waals surface area contributed by atoms with Crippen molar-refractivity contribution in [2.24, 2.45) is 0 Å². The van der Waals surface area contributed by atoms with Crippen LogP contribution < -0.4 is 0 Å².